The van der Waals surface area contributed by atoms with Crippen molar-refractivity contribution >= 4 is 11.9 Å². The second-order valence-electron chi connectivity index (χ2n) is 8.18. The molecule has 156 valence electrons. The molecule has 0 atom stereocenters. The molecule has 5 nitrogen and oxygen atoms in total. The van der Waals surface area contributed by atoms with Crippen LogP contribution in [0.1, 0.15) is 69.9 Å². The Morgan fingerprint density at radius 2 is 1.79 bits per heavy atom. The standard InChI is InChI=1S/C23H38N4O/c1-19(2)9-6-4-5-7-15-25-23(24-3)26-17-20-11-13-21(14-12-20)18-27-16-8-10-22(27)28/h11-14,19H,4-10,15-18H2,1-3H3,(H2,24,25,26). The summed E-state index contributed by atoms with van der Waals surface area (Å²) < 4.78 is 0. The molecule has 2 N–H and O–H groups in total. The summed E-state index contributed by atoms with van der Waals surface area (Å²) in [5, 5.41) is 6.78. The van der Waals surface area contributed by atoms with Gasteiger partial charge in [-0.05, 0) is 29.9 Å². The normalized spacial score (nSPS) is 14.8. The molecule has 1 aromatic rings. The Bertz CT molecular complexity index is 610. The van der Waals surface area contributed by atoms with Gasteiger partial charge in [-0.25, -0.2) is 0 Å². The molecule has 1 fully saturated rings. The van der Waals surface area contributed by atoms with Crippen molar-refractivity contribution in [2.24, 2.45) is 10.9 Å². The molecule has 1 aromatic carbocycles. The van der Waals surface area contributed by atoms with E-state index in [1.54, 1.807) is 0 Å². The zero-order valence-electron chi connectivity index (χ0n) is 18.0. The van der Waals surface area contributed by atoms with Gasteiger partial charge in [-0.1, -0.05) is 63.8 Å². The zero-order valence-corrected chi connectivity index (χ0v) is 18.0. The van der Waals surface area contributed by atoms with Crippen molar-refractivity contribution in [3.8, 4) is 0 Å². The van der Waals surface area contributed by atoms with Crippen molar-refractivity contribution in [2.75, 3.05) is 20.1 Å². The van der Waals surface area contributed by atoms with Crippen LogP contribution in [0.15, 0.2) is 29.3 Å². The molecule has 0 unspecified atom stereocenters. The summed E-state index contributed by atoms with van der Waals surface area (Å²) >= 11 is 0. The second-order valence-corrected chi connectivity index (χ2v) is 8.18. The number of carbonyl (C=O) groups excluding carboxylic acids is 1. The maximum atomic E-state index is 11.7. The minimum Gasteiger partial charge on any atom is -0.356 e. The van der Waals surface area contributed by atoms with Crippen molar-refractivity contribution in [1.29, 1.82) is 0 Å². The first-order valence-electron chi connectivity index (χ1n) is 10.9. The molecule has 1 saturated heterocycles. The van der Waals surface area contributed by atoms with Gasteiger partial charge in [0.05, 0.1) is 0 Å². The average Bonchev–Trinajstić information content (AvgIpc) is 3.09. The Hall–Kier alpha value is -2.04. The van der Waals surface area contributed by atoms with Crippen LogP contribution in [0.25, 0.3) is 0 Å². The van der Waals surface area contributed by atoms with Gasteiger partial charge in [0.2, 0.25) is 5.91 Å². The molecule has 2 rings (SSSR count). The molecule has 0 saturated carbocycles. The number of benzene rings is 1. The number of aliphatic imine (C=N–C) groups is 1. The van der Waals surface area contributed by atoms with Crippen molar-refractivity contribution in [3.63, 3.8) is 0 Å². The highest BCUT2D eigenvalue weighted by molar-refractivity contribution is 5.79. The topological polar surface area (TPSA) is 56.7 Å². The highest BCUT2D eigenvalue weighted by Gasteiger charge is 2.19. The van der Waals surface area contributed by atoms with E-state index in [2.05, 4.69) is 53.7 Å². The van der Waals surface area contributed by atoms with Crippen LogP contribution >= 0.6 is 0 Å². The number of unbranched alkanes of at least 4 members (excludes halogenated alkanes) is 3. The number of amides is 1. The van der Waals surface area contributed by atoms with E-state index in [0.29, 0.717) is 6.42 Å². The molecular formula is C23H38N4O. The first kappa shape index (κ1) is 22.3. The Labute approximate surface area is 171 Å². The number of guanidine groups is 1. The second kappa shape index (κ2) is 12.4. The number of likely N-dealkylation sites (tertiary alicyclic amines) is 1. The molecule has 1 aliphatic rings. The summed E-state index contributed by atoms with van der Waals surface area (Å²) in [7, 11) is 1.81. The van der Waals surface area contributed by atoms with Crippen molar-refractivity contribution in [2.45, 2.75) is 71.9 Å². The van der Waals surface area contributed by atoms with Gasteiger partial charge in [0.1, 0.15) is 0 Å². The van der Waals surface area contributed by atoms with Crippen LogP contribution in [0.4, 0.5) is 0 Å². The van der Waals surface area contributed by atoms with E-state index < -0.39 is 0 Å². The lowest BCUT2D eigenvalue weighted by molar-refractivity contribution is -0.128. The van der Waals surface area contributed by atoms with Gasteiger partial charge in [0.15, 0.2) is 5.96 Å². The third-order valence-electron chi connectivity index (χ3n) is 5.25. The fourth-order valence-electron chi connectivity index (χ4n) is 3.50. The summed E-state index contributed by atoms with van der Waals surface area (Å²) in [4.78, 5) is 18.0. The number of carbonyl (C=O) groups is 1. The number of nitrogens with one attached hydrogen (secondary N) is 2. The van der Waals surface area contributed by atoms with Gasteiger partial charge in [-0.15, -0.1) is 0 Å². The molecule has 0 bridgehead atoms. The Balaban J connectivity index is 1.62. The Kier molecular flexibility index (Phi) is 9.87. The molecule has 0 aromatic heterocycles. The molecule has 0 spiro atoms. The van der Waals surface area contributed by atoms with Gasteiger partial charge >= 0.3 is 0 Å². The van der Waals surface area contributed by atoms with Crippen molar-refractivity contribution in [1.82, 2.24) is 15.5 Å². The zero-order chi connectivity index (χ0) is 20.2. The van der Waals surface area contributed by atoms with Crippen LogP contribution in [-0.2, 0) is 17.9 Å². The van der Waals surface area contributed by atoms with E-state index >= 15 is 0 Å². The number of hydrogen-bond donors (Lipinski definition) is 2. The fourth-order valence-corrected chi connectivity index (χ4v) is 3.50. The number of hydrogen-bond acceptors (Lipinski definition) is 2. The molecular weight excluding hydrogens is 348 g/mol. The lowest BCUT2D eigenvalue weighted by atomic mass is 10.0. The predicted molar refractivity (Wildman–Crippen MR) is 117 cm³/mol. The SMILES string of the molecule is CN=C(NCCCCCCC(C)C)NCc1ccc(CN2CCCC2=O)cc1. The smallest absolute Gasteiger partial charge is 0.222 e. The summed E-state index contributed by atoms with van der Waals surface area (Å²) in [6, 6.07) is 8.50. The first-order chi connectivity index (χ1) is 13.6. The maximum absolute atomic E-state index is 11.7. The summed E-state index contributed by atoms with van der Waals surface area (Å²) in [6.07, 6.45) is 8.15. The van der Waals surface area contributed by atoms with E-state index in [-0.39, 0.29) is 5.91 Å². The lowest BCUT2D eigenvalue weighted by Crippen LogP contribution is -2.37. The third kappa shape index (κ3) is 8.32. The van der Waals surface area contributed by atoms with Gasteiger partial charge in [0.25, 0.3) is 0 Å². The Morgan fingerprint density at radius 1 is 1.07 bits per heavy atom. The fraction of sp³-hybridized carbons (Fsp3) is 0.652. The predicted octanol–water partition coefficient (Wildman–Crippen LogP) is 4.08. The van der Waals surface area contributed by atoms with E-state index in [4.69, 9.17) is 0 Å². The highest BCUT2D eigenvalue weighted by atomic mass is 16.2. The third-order valence-corrected chi connectivity index (χ3v) is 5.25. The summed E-state index contributed by atoms with van der Waals surface area (Å²) in [6.45, 7) is 7.91. The van der Waals surface area contributed by atoms with Crippen LogP contribution < -0.4 is 10.6 Å². The van der Waals surface area contributed by atoms with E-state index in [1.807, 2.05) is 11.9 Å². The summed E-state index contributed by atoms with van der Waals surface area (Å²) in [5.74, 6) is 1.95. The van der Waals surface area contributed by atoms with E-state index in [1.165, 1.54) is 43.2 Å². The van der Waals surface area contributed by atoms with Crippen molar-refractivity contribution < 1.29 is 4.79 Å². The number of rotatable bonds is 11. The maximum Gasteiger partial charge on any atom is 0.222 e. The van der Waals surface area contributed by atoms with E-state index in [0.717, 1.165) is 44.5 Å². The minimum atomic E-state index is 0.278. The van der Waals surface area contributed by atoms with Crippen LogP contribution in [-0.4, -0.2) is 36.9 Å². The van der Waals surface area contributed by atoms with Crippen LogP contribution in [0.2, 0.25) is 0 Å². The van der Waals surface area contributed by atoms with Crippen LogP contribution in [0.5, 0.6) is 0 Å². The van der Waals surface area contributed by atoms with Crippen LogP contribution in [0.3, 0.4) is 0 Å². The quantitative estimate of drug-likeness (QED) is 0.342. The molecule has 1 aliphatic heterocycles. The Morgan fingerprint density at radius 3 is 2.43 bits per heavy atom. The summed E-state index contributed by atoms with van der Waals surface area (Å²) in [5.41, 5.74) is 2.41. The van der Waals surface area contributed by atoms with Crippen LogP contribution in [0, 0.1) is 5.92 Å². The average molecular weight is 387 g/mol. The minimum absolute atomic E-state index is 0.278. The largest absolute Gasteiger partial charge is 0.356 e. The van der Waals surface area contributed by atoms with Gasteiger partial charge in [-0.2, -0.15) is 0 Å². The molecule has 28 heavy (non-hydrogen) atoms. The molecule has 1 heterocycles. The first-order valence-corrected chi connectivity index (χ1v) is 10.9. The van der Waals surface area contributed by atoms with E-state index in [9.17, 15) is 4.79 Å². The highest BCUT2D eigenvalue weighted by Crippen LogP contribution is 2.14. The number of nitrogens with zero attached hydrogens (tertiary/aromatic N) is 2. The van der Waals surface area contributed by atoms with Crippen molar-refractivity contribution in [3.05, 3.63) is 35.4 Å². The molecule has 5 heteroatoms. The monoisotopic (exact) mass is 386 g/mol. The van der Waals surface area contributed by atoms with Gasteiger partial charge in [0, 0.05) is 39.6 Å². The molecule has 1 amide bonds. The molecule has 0 aliphatic carbocycles. The van der Waals surface area contributed by atoms with Gasteiger partial charge < -0.3 is 15.5 Å². The molecule has 0 radical (unpaired) electrons. The lowest BCUT2D eigenvalue weighted by Gasteiger charge is -2.16. The van der Waals surface area contributed by atoms with Gasteiger partial charge in [-0.3, -0.25) is 9.79 Å².